The standard InChI is InChI=1S/C7H5N3.C7H7N3/c1-2-6-4-8-5-10-7(6)9-3-1;1-2-4-7-6(3-1)5-8-10-9-7/h1-5H;1-5,9-10H. The van der Waals surface area contributed by atoms with Crippen LogP contribution in [0.15, 0.2) is 60.2 Å². The Morgan fingerprint density at radius 1 is 0.950 bits per heavy atom. The summed E-state index contributed by atoms with van der Waals surface area (Å²) in [6.45, 7) is 0. The second kappa shape index (κ2) is 5.75. The molecule has 0 saturated heterocycles. The van der Waals surface area contributed by atoms with Gasteiger partial charge >= 0.3 is 0 Å². The average molecular weight is 264 g/mol. The third-order valence-electron chi connectivity index (χ3n) is 2.70. The van der Waals surface area contributed by atoms with Gasteiger partial charge in [0, 0.05) is 23.3 Å². The van der Waals surface area contributed by atoms with Crippen LogP contribution in [0.1, 0.15) is 5.56 Å². The lowest BCUT2D eigenvalue weighted by Gasteiger charge is -2.11. The molecule has 20 heavy (non-hydrogen) atoms. The van der Waals surface area contributed by atoms with Crippen LogP contribution in [0.25, 0.3) is 11.0 Å². The van der Waals surface area contributed by atoms with Crippen LogP contribution in [-0.2, 0) is 0 Å². The SMILES string of the molecule is C1=NNNc2ccccc21.c1cnc2ncncc2c1. The number of para-hydroxylation sites is 1. The van der Waals surface area contributed by atoms with Crippen LogP contribution in [0.3, 0.4) is 0 Å². The number of hydrazone groups is 1. The van der Waals surface area contributed by atoms with E-state index in [0.717, 1.165) is 22.3 Å². The van der Waals surface area contributed by atoms with Crippen LogP contribution in [0.4, 0.5) is 5.69 Å². The van der Waals surface area contributed by atoms with Crippen molar-refractivity contribution in [2.45, 2.75) is 0 Å². The molecule has 0 spiro atoms. The summed E-state index contributed by atoms with van der Waals surface area (Å²) in [5.74, 6) is 0. The lowest BCUT2D eigenvalue weighted by Crippen LogP contribution is -2.19. The van der Waals surface area contributed by atoms with E-state index in [1.807, 2.05) is 36.4 Å². The smallest absolute Gasteiger partial charge is 0.162 e. The minimum atomic E-state index is 0.748. The molecule has 0 bridgehead atoms. The van der Waals surface area contributed by atoms with Crippen LogP contribution >= 0.6 is 0 Å². The first-order valence-corrected chi connectivity index (χ1v) is 6.07. The second-order valence-electron chi connectivity index (χ2n) is 4.02. The number of hydrazine groups is 1. The Morgan fingerprint density at radius 2 is 1.90 bits per heavy atom. The van der Waals surface area contributed by atoms with Gasteiger partial charge in [-0.25, -0.2) is 20.5 Å². The Balaban J connectivity index is 0.000000121. The van der Waals surface area contributed by atoms with Crippen LogP contribution in [0.2, 0.25) is 0 Å². The molecule has 3 heterocycles. The summed E-state index contributed by atoms with van der Waals surface area (Å²) in [5, 5.41) is 4.81. The third-order valence-corrected chi connectivity index (χ3v) is 2.70. The van der Waals surface area contributed by atoms with E-state index in [4.69, 9.17) is 0 Å². The fourth-order valence-corrected chi connectivity index (χ4v) is 1.74. The minimum Gasteiger partial charge on any atom is -0.285 e. The van der Waals surface area contributed by atoms with E-state index in [1.165, 1.54) is 6.33 Å². The predicted molar refractivity (Wildman–Crippen MR) is 78.1 cm³/mol. The van der Waals surface area contributed by atoms with Gasteiger partial charge in [0.25, 0.3) is 0 Å². The van der Waals surface area contributed by atoms with Crippen molar-refractivity contribution in [3.8, 4) is 0 Å². The Bertz CT molecular complexity index is 675. The molecule has 0 aliphatic carbocycles. The molecule has 0 unspecified atom stereocenters. The highest BCUT2D eigenvalue weighted by Gasteiger charge is 1.99. The highest BCUT2D eigenvalue weighted by atomic mass is 15.6. The summed E-state index contributed by atoms with van der Waals surface area (Å²) >= 11 is 0. The molecular weight excluding hydrogens is 252 g/mol. The maximum atomic E-state index is 4.03. The number of fused-ring (bicyclic) bond motifs is 2. The van der Waals surface area contributed by atoms with Crippen molar-refractivity contribution in [2.24, 2.45) is 5.10 Å². The number of benzene rings is 1. The number of aromatic nitrogens is 3. The van der Waals surface area contributed by atoms with Gasteiger partial charge in [0.05, 0.1) is 11.9 Å². The zero-order chi connectivity index (χ0) is 13.6. The van der Waals surface area contributed by atoms with Crippen molar-refractivity contribution < 1.29 is 0 Å². The van der Waals surface area contributed by atoms with Crippen molar-refractivity contribution in [1.82, 2.24) is 20.5 Å². The van der Waals surface area contributed by atoms with E-state index in [-0.39, 0.29) is 0 Å². The number of nitrogens with one attached hydrogen (secondary N) is 2. The maximum absolute atomic E-state index is 4.03. The molecule has 3 aromatic rings. The fraction of sp³-hybridized carbons (Fsp3) is 0. The lowest BCUT2D eigenvalue weighted by molar-refractivity contribution is 0.872. The Morgan fingerprint density at radius 3 is 2.80 bits per heavy atom. The first-order valence-electron chi connectivity index (χ1n) is 6.07. The van der Waals surface area contributed by atoms with Gasteiger partial charge in [-0.1, -0.05) is 18.2 Å². The van der Waals surface area contributed by atoms with E-state index in [2.05, 4.69) is 31.0 Å². The molecule has 1 aliphatic rings. The quantitative estimate of drug-likeness (QED) is 0.649. The Kier molecular flexibility index (Phi) is 3.46. The predicted octanol–water partition coefficient (Wildman–Crippen LogP) is 1.98. The zero-order valence-electron chi connectivity index (χ0n) is 10.6. The molecule has 98 valence electrons. The molecule has 2 aromatic heterocycles. The third kappa shape index (κ3) is 2.69. The normalized spacial score (nSPS) is 11.6. The summed E-state index contributed by atoms with van der Waals surface area (Å²) in [5.41, 5.74) is 8.50. The molecule has 2 N–H and O–H groups in total. The van der Waals surface area contributed by atoms with E-state index in [9.17, 15) is 0 Å². The van der Waals surface area contributed by atoms with Crippen molar-refractivity contribution in [3.63, 3.8) is 0 Å². The van der Waals surface area contributed by atoms with Crippen molar-refractivity contribution in [1.29, 1.82) is 0 Å². The monoisotopic (exact) mass is 264 g/mol. The van der Waals surface area contributed by atoms with E-state index >= 15 is 0 Å². The molecule has 0 saturated carbocycles. The second-order valence-corrected chi connectivity index (χ2v) is 4.02. The fourth-order valence-electron chi connectivity index (χ4n) is 1.74. The number of hydrogen-bond donors (Lipinski definition) is 2. The van der Waals surface area contributed by atoms with Gasteiger partial charge in [0.15, 0.2) is 5.65 Å². The number of rotatable bonds is 0. The van der Waals surface area contributed by atoms with E-state index < -0.39 is 0 Å². The van der Waals surface area contributed by atoms with Gasteiger partial charge in [0.1, 0.15) is 6.33 Å². The van der Waals surface area contributed by atoms with Crippen LogP contribution in [0.5, 0.6) is 0 Å². The van der Waals surface area contributed by atoms with Gasteiger partial charge in [-0.2, -0.15) is 5.10 Å². The van der Waals surface area contributed by atoms with Gasteiger partial charge in [-0.3, -0.25) is 5.43 Å². The first kappa shape index (κ1) is 12.0. The topological polar surface area (TPSA) is 75.1 Å². The number of anilines is 1. The van der Waals surface area contributed by atoms with Crippen LogP contribution in [0, 0.1) is 0 Å². The van der Waals surface area contributed by atoms with Crippen LogP contribution < -0.4 is 11.0 Å². The highest BCUT2D eigenvalue weighted by Crippen LogP contribution is 2.12. The van der Waals surface area contributed by atoms with Crippen molar-refractivity contribution >= 4 is 22.9 Å². The highest BCUT2D eigenvalue weighted by molar-refractivity contribution is 5.88. The summed E-state index contributed by atoms with van der Waals surface area (Å²) < 4.78 is 0. The first-order chi connectivity index (χ1) is 9.93. The van der Waals surface area contributed by atoms with E-state index in [0.29, 0.717) is 0 Å². The van der Waals surface area contributed by atoms with Crippen LogP contribution in [-0.4, -0.2) is 21.2 Å². The number of pyridine rings is 1. The molecule has 0 atom stereocenters. The maximum Gasteiger partial charge on any atom is 0.162 e. The molecule has 1 aromatic carbocycles. The molecule has 6 heteroatoms. The van der Waals surface area contributed by atoms with Gasteiger partial charge in [-0.05, 0) is 18.2 Å². The lowest BCUT2D eigenvalue weighted by atomic mass is 10.2. The molecule has 0 fully saturated rings. The van der Waals surface area contributed by atoms with E-state index in [1.54, 1.807) is 18.6 Å². The largest absolute Gasteiger partial charge is 0.285 e. The molecule has 0 radical (unpaired) electrons. The number of nitrogens with zero attached hydrogens (tertiary/aromatic N) is 4. The summed E-state index contributed by atoms with van der Waals surface area (Å²) in [6, 6.07) is 11.8. The van der Waals surface area contributed by atoms with Gasteiger partial charge < -0.3 is 0 Å². The van der Waals surface area contributed by atoms with Gasteiger partial charge in [-0.15, -0.1) is 0 Å². The Hall–Kier alpha value is -3.02. The molecule has 1 aliphatic heterocycles. The molecular formula is C14H12N6. The number of hydrogen-bond acceptors (Lipinski definition) is 6. The van der Waals surface area contributed by atoms with Crippen molar-refractivity contribution in [2.75, 3.05) is 5.43 Å². The molecule has 4 rings (SSSR count). The Labute approximate surface area is 115 Å². The molecule has 0 amide bonds. The summed E-state index contributed by atoms with van der Waals surface area (Å²) in [6.07, 6.45) is 6.74. The minimum absolute atomic E-state index is 0.748. The summed E-state index contributed by atoms with van der Waals surface area (Å²) in [7, 11) is 0. The average Bonchev–Trinajstić information content (AvgIpc) is 2.56. The van der Waals surface area contributed by atoms with Gasteiger partial charge in [0.2, 0.25) is 0 Å². The zero-order valence-corrected chi connectivity index (χ0v) is 10.6. The summed E-state index contributed by atoms with van der Waals surface area (Å²) in [4.78, 5) is 11.9. The van der Waals surface area contributed by atoms with Crippen molar-refractivity contribution in [3.05, 3.63) is 60.7 Å². The molecule has 6 nitrogen and oxygen atoms in total.